The molecule has 1 heterocycles. The number of carbonyl (C=O) groups is 2. The third-order valence-electron chi connectivity index (χ3n) is 1.61. The molecule has 0 radical (unpaired) electrons. The van der Waals surface area contributed by atoms with Crippen molar-refractivity contribution < 1.29 is 18.4 Å². The maximum absolute atomic E-state index is 11.8. The van der Waals surface area contributed by atoms with Crippen LogP contribution < -0.4 is 0 Å². The number of nitrogens with zero attached hydrogens (tertiary/aromatic N) is 2. The molecule has 0 aliphatic rings. The van der Waals surface area contributed by atoms with Gasteiger partial charge in [-0.2, -0.15) is 5.10 Å². The van der Waals surface area contributed by atoms with Gasteiger partial charge in [0.25, 0.3) is 6.43 Å². The van der Waals surface area contributed by atoms with E-state index in [1.807, 2.05) is 0 Å². The maximum atomic E-state index is 11.8. The van der Waals surface area contributed by atoms with Crippen molar-refractivity contribution in [2.75, 3.05) is 0 Å². The average Bonchev–Trinajstić information content (AvgIpc) is 2.51. The van der Waals surface area contributed by atoms with Crippen LogP contribution in [0.5, 0.6) is 0 Å². The van der Waals surface area contributed by atoms with Gasteiger partial charge in [-0.1, -0.05) is 0 Å². The van der Waals surface area contributed by atoms with E-state index in [1.165, 1.54) is 17.1 Å². The molecule has 0 spiro atoms. The Labute approximate surface area is 78.5 Å². The third-order valence-corrected chi connectivity index (χ3v) is 1.61. The van der Waals surface area contributed by atoms with Crippen molar-refractivity contribution in [3.05, 3.63) is 18.0 Å². The molecule has 0 fully saturated rings. The zero-order valence-electron chi connectivity index (χ0n) is 7.41. The second-order valence-corrected chi connectivity index (χ2v) is 2.77. The summed E-state index contributed by atoms with van der Waals surface area (Å²) in [5.41, 5.74) is 0.168. The van der Waals surface area contributed by atoms with Crippen LogP contribution in [0.2, 0.25) is 0 Å². The highest BCUT2D eigenvalue weighted by molar-refractivity contribution is 6.08. The quantitative estimate of drug-likeness (QED) is 0.536. The van der Waals surface area contributed by atoms with Crippen LogP contribution in [0.4, 0.5) is 8.78 Å². The summed E-state index contributed by atoms with van der Waals surface area (Å²) in [4.78, 5) is 21.7. The number of hydrogen-bond donors (Lipinski definition) is 0. The standard InChI is InChI=1S/C8H8F2N2O2/c1-12-4-5(3-11-12)6(13)2-7(14)8(9)10/h3-4,8H,2H2,1H3. The van der Waals surface area contributed by atoms with Gasteiger partial charge in [-0.25, -0.2) is 8.78 Å². The molecule has 1 rings (SSSR count). The van der Waals surface area contributed by atoms with Gasteiger partial charge in [-0.05, 0) is 0 Å². The highest BCUT2D eigenvalue weighted by Gasteiger charge is 2.20. The van der Waals surface area contributed by atoms with Crippen molar-refractivity contribution in [3.8, 4) is 0 Å². The van der Waals surface area contributed by atoms with Crippen molar-refractivity contribution in [2.45, 2.75) is 12.8 Å². The first-order valence-corrected chi connectivity index (χ1v) is 3.83. The Hall–Kier alpha value is -1.59. The topological polar surface area (TPSA) is 52.0 Å². The van der Waals surface area contributed by atoms with Crippen molar-refractivity contribution in [3.63, 3.8) is 0 Å². The minimum atomic E-state index is -3.09. The summed E-state index contributed by atoms with van der Waals surface area (Å²) in [6.45, 7) is 0. The molecule has 14 heavy (non-hydrogen) atoms. The van der Waals surface area contributed by atoms with Gasteiger partial charge in [-0.15, -0.1) is 0 Å². The number of carbonyl (C=O) groups excluding carboxylic acids is 2. The summed E-state index contributed by atoms with van der Waals surface area (Å²) in [7, 11) is 1.59. The van der Waals surface area contributed by atoms with E-state index in [-0.39, 0.29) is 5.56 Å². The van der Waals surface area contributed by atoms with Gasteiger partial charge < -0.3 is 0 Å². The monoisotopic (exact) mass is 202 g/mol. The summed E-state index contributed by atoms with van der Waals surface area (Å²) in [5.74, 6) is -2.00. The predicted molar refractivity (Wildman–Crippen MR) is 43.2 cm³/mol. The van der Waals surface area contributed by atoms with E-state index in [2.05, 4.69) is 5.10 Å². The van der Waals surface area contributed by atoms with Gasteiger partial charge in [0.15, 0.2) is 5.78 Å². The molecule has 0 saturated carbocycles. The predicted octanol–water partition coefficient (Wildman–Crippen LogP) is 0.827. The van der Waals surface area contributed by atoms with Gasteiger partial charge in [0.1, 0.15) is 0 Å². The molecule has 0 aromatic carbocycles. The van der Waals surface area contributed by atoms with Crippen LogP contribution in [0, 0.1) is 0 Å². The summed E-state index contributed by atoms with van der Waals surface area (Å²) < 4.78 is 24.9. The molecule has 1 aromatic rings. The summed E-state index contributed by atoms with van der Waals surface area (Å²) in [5, 5.41) is 3.69. The first-order chi connectivity index (χ1) is 6.50. The Morgan fingerprint density at radius 3 is 2.64 bits per heavy atom. The van der Waals surface area contributed by atoms with Crippen molar-refractivity contribution in [1.29, 1.82) is 0 Å². The van der Waals surface area contributed by atoms with E-state index in [9.17, 15) is 18.4 Å². The van der Waals surface area contributed by atoms with E-state index in [4.69, 9.17) is 0 Å². The Kier molecular flexibility index (Phi) is 3.06. The first-order valence-electron chi connectivity index (χ1n) is 3.83. The zero-order chi connectivity index (χ0) is 10.7. The van der Waals surface area contributed by atoms with Gasteiger partial charge >= 0.3 is 0 Å². The van der Waals surface area contributed by atoms with Crippen molar-refractivity contribution >= 4 is 11.6 Å². The molecular weight excluding hydrogens is 194 g/mol. The van der Waals surface area contributed by atoms with E-state index in [0.717, 1.165) is 0 Å². The number of Topliss-reactive ketones (excluding diaryl/α,β-unsaturated/α-hetero) is 2. The lowest BCUT2D eigenvalue weighted by atomic mass is 10.1. The lowest BCUT2D eigenvalue weighted by Crippen LogP contribution is -2.15. The zero-order valence-corrected chi connectivity index (χ0v) is 7.41. The molecule has 4 nitrogen and oxygen atoms in total. The van der Waals surface area contributed by atoms with E-state index in [0.29, 0.717) is 0 Å². The summed E-state index contributed by atoms with van der Waals surface area (Å²) in [6.07, 6.45) is -1.25. The smallest absolute Gasteiger partial charge is 0.294 e. The van der Waals surface area contributed by atoms with Crippen LogP contribution >= 0.6 is 0 Å². The van der Waals surface area contributed by atoms with Crippen LogP contribution in [0.3, 0.4) is 0 Å². The Balaban J connectivity index is 2.64. The van der Waals surface area contributed by atoms with Gasteiger partial charge in [0.05, 0.1) is 18.2 Å². The van der Waals surface area contributed by atoms with E-state index in [1.54, 1.807) is 7.05 Å². The number of alkyl halides is 2. The molecule has 0 aliphatic heterocycles. The fourth-order valence-electron chi connectivity index (χ4n) is 0.903. The normalized spacial score (nSPS) is 10.6. The number of ketones is 2. The minimum absolute atomic E-state index is 0.168. The number of halogens is 2. The molecule has 6 heteroatoms. The Morgan fingerprint density at radius 1 is 1.57 bits per heavy atom. The molecule has 0 amide bonds. The van der Waals surface area contributed by atoms with Gasteiger partial charge in [0, 0.05) is 13.2 Å². The van der Waals surface area contributed by atoms with Crippen LogP contribution in [0.1, 0.15) is 16.8 Å². The molecule has 0 unspecified atom stereocenters. The number of aromatic nitrogens is 2. The largest absolute Gasteiger partial charge is 0.296 e. The SMILES string of the molecule is Cn1cc(C(=O)CC(=O)C(F)F)cn1. The third kappa shape index (κ3) is 2.45. The van der Waals surface area contributed by atoms with Crippen LogP contribution in [0.25, 0.3) is 0 Å². The van der Waals surface area contributed by atoms with Crippen LogP contribution in [-0.2, 0) is 11.8 Å². The fraction of sp³-hybridized carbons (Fsp3) is 0.375. The number of hydrogen-bond acceptors (Lipinski definition) is 3. The number of aryl methyl sites for hydroxylation is 1. The fourth-order valence-corrected chi connectivity index (χ4v) is 0.903. The second-order valence-electron chi connectivity index (χ2n) is 2.77. The first kappa shape index (κ1) is 10.5. The van der Waals surface area contributed by atoms with E-state index < -0.39 is 24.4 Å². The minimum Gasteiger partial charge on any atom is -0.294 e. The molecule has 0 atom stereocenters. The second kappa shape index (κ2) is 4.08. The average molecular weight is 202 g/mol. The van der Waals surface area contributed by atoms with Gasteiger partial charge in [-0.3, -0.25) is 14.3 Å². The van der Waals surface area contributed by atoms with Crippen LogP contribution in [0.15, 0.2) is 12.4 Å². The molecule has 1 aromatic heterocycles. The summed E-state index contributed by atoms with van der Waals surface area (Å²) in [6, 6.07) is 0. The Bertz CT molecular complexity index is 360. The number of rotatable bonds is 4. The van der Waals surface area contributed by atoms with E-state index >= 15 is 0 Å². The molecule has 76 valence electrons. The molecule has 0 aliphatic carbocycles. The van der Waals surface area contributed by atoms with Crippen LogP contribution in [-0.4, -0.2) is 27.8 Å². The Morgan fingerprint density at radius 2 is 2.21 bits per heavy atom. The van der Waals surface area contributed by atoms with Crippen molar-refractivity contribution in [1.82, 2.24) is 9.78 Å². The van der Waals surface area contributed by atoms with Crippen molar-refractivity contribution in [2.24, 2.45) is 7.05 Å². The lowest BCUT2D eigenvalue weighted by Gasteiger charge is -1.96. The molecule has 0 N–H and O–H groups in total. The summed E-state index contributed by atoms with van der Waals surface area (Å²) >= 11 is 0. The maximum Gasteiger partial charge on any atom is 0.296 e. The highest BCUT2D eigenvalue weighted by Crippen LogP contribution is 2.05. The lowest BCUT2D eigenvalue weighted by molar-refractivity contribution is -0.128. The molecular formula is C8H8F2N2O2. The van der Waals surface area contributed by atoms with Gasteiger partial charge in [0.2, 0.25) is 5.78 Å². The molecule has 0 bridgehead atoms. The highest BCUT2D eigenvalue weighted by atomic mass is 19.3. The molecule has 0 saturated heterocycles.